The first-order valence-corrected chi connectivity index (χ1v) is 7.86. The molecule has 0 bridgehead atoms. The summed E-state index contributed by atoms with van der Waals surface area (Å²) in [7, 11) is -3.31. The molecule has 1 heterocycles. The van der Waals surface area contributed by atoms with Crippen molar-refractivity contribution in [3.05, 3.63) is 35.6 Å². The molecule has 2 rings (SSSR count). The van der Waals surface area contributed by atoms with Gasteiger partial charge in [-0.3, -0.25) is 4.99 Å². The van der Waals surface area contributed by atoms with E-state index in [0.29, 0.717) is 0 Å². The summed E-state index contributed by atoms with van der Waals surface area (Å²) in [5, 5.41) is 0. The summed E-state index contributed by atoms with van der Waals surface area (Å²) in [4.78, 5) is 4.36. The lowest BCUT2D eigenvalue weighted by molar-refractivity contribution is 0.491. The Morgan fingerprint density at radius 2 is 2.10 bits per heavy atom. The van der Waals surface area contributed by atoms with Crippen LogP contribution in [0.15, 0.2) is 33.6 Å². The number of nitrogens with two attached hydrogens (primary N) is 1. The van der Waals surface area contributed by atoms with Crippen LogP contribution in [0.1, 0.15) is 30.4 Å². The molecule has 2 N–H and O–H groups in total. The van der Waals surface area contributed by atoms with E-state index in [1.165, 1.54) is 18.2 Å². The predicted molar refractivity (Wildman–Crippen MR) is 80.8 cm³/mol. The Kier molecular flexibility index (Phi) is 2.56. The van der Waals surface area contributed by atoms with Gasteiger partial charge in [-0.1, -0.05) is 18.2 Å². The zero-order chi connectivity index (χ0) is 17.7. The quantitative estimate of drug-likeness (QED) is 0.864. The highest BCUT2D eigenvalue weighted by molar-refractivity contribution is 7.95. The molecule has 0 unspecified atom stereocenters. The van der Waals surface area contributed by atoms with Crippen LogP contribution in [-0.2, 0) is 15.3 Å². The SMILES string of the molecule is [2H]C([2H])([2H])N=[S@@]1(=O)C[C@@](C)(c2ccccc2F)N=C(N)C1(C)C. The summed E-state index contributed by atoms with van der Waals surface area (Å²) in [5.41, 5.74) is 4.95. The van der Waals surface area contributed by atoms with E-state index in [4.69, 9.17) is 9.85 Å². The van der Waals surface area contributed by atoms with Crippen molar-refractivity contribution in [3.8, 4) is 0 Å². The third-order valence-electron chi connectivity index (χ3n) is 3.86. The Hall–Kier alpha value is -1.43. The van der Waals surface area contributed by atoms with Gasteiger partial charge >= 0.3 is 0 Å². The van der Waals surface area contributed by atoms with Crippen LogP contribution in [-0.4, -0.2) is 27.5 Å². The Morgan fingerprint density at radius 3 is 2.70 bits per heavy atom. The number of amidine groups is 1. The fourth-order valence-electron chi connectivity index (χ4n) is 2.34. The van der Waals surface area contributed by atoms with E-state index in [-0.39, 0.29) is 17.2 Å². The maximum Gasteiger partial charge on any atom is 0.128 e. The van der Waals surface area contributed by atoms with Crippen LogP contribution in [0, 0.1) is 5.82 Å². The fourth-order valence-corrected chi connectivity index (χ4v) is 4.35. The van der Waals surface area contributed by atoms with Crippen molar-refractivity contribution in [1.82, 2.24) is 0 Å². The molecule has 1 aliphatic rings. The molecule has 0 fully saturated rings. The van der Waals surface area contributed by atoms with E-state index in [1.807, 2.05) is 0 Å². The molecule has 0 saturated carbocycles. The van der Waals surface area contributed by atoms with Gasteiger partial charge in [0.25, 0.3) is 0 Å². The van der Waals surface area contributed by atoms with E-state index in [9.17, 15) is 8.60 Å². The summed E-state index contributed by atoms with van der Waals surface area (Å²) in [6.45, 7) is 1.94. The summed E-state index contributed by atoms with van der Waals surface area (Å²) in [6, 6.07) is 5.97. The molecule has 4 nitrogen and oxygen atoms in total. The van der Waals surface area contributed by atoms with E-state index >= 15 is 0 Å². The van der Waals surface area contributed by atoms with Crippen LogP contribution < -0.4 is 5.73 Å². The first-order chi connectivity index (χ1) is 10.3. The van der Waals surface area contributed by atoms with Gasteiger partial charge in [0.05, 0.1) is 15.5 Å². The van der Waals surface area contributed by atoms with Gasteiger partial charge in [-0.05, 0) is 26.8 Å². The fraction of sp³-hybridized carbons (Fsp3) is 0.500. The number of benzene rings is 1. The van der Waals surface area contributed by atoms with Crippen molar-refractivity contribution in [2.45, 2.75) is 31.1 Å². The van der Waals surface area contributed by atoms with E-state index < -0.39 is 32.8 Å². The monoisotopic (exact) mass is 300 g/mol. The minimum absolute atomic E-state index is 0.00695. The lowest BCUT2D eigenvalue weighted by atomic mass is 9.93. The highest BCUT2D eigenvalue weighted by atomic mass is 32.2. The first kappa shape index (κ1) is 11.3. The van der Waals surface area contributed by atoms with Gasteiger partial charge in [-0.15, -0.1) is 0 Å². The molecule has 20 heavy (non-hydrogen) atoms. The molecule has 0 saturated heterocycles. The van der Waals surface area contributed by atoms with Crippen LogP contribution in [0.4, 0.5) is 4.39 Å². The highest BCUT2D eigenvalue weighted by Crippen LogP contribution is 2.38. The van der Waals surface area contributed by atoms with Gasteiger partial charge in [0.1, 0.15) is 21.9 Å². The lowest BCUT2D eigenvalue weighted by Crippen LogP contribution is -2.54. The minimum Gasteiger partial charge on any atom is -0.386 e. The van der Waals surface area contributed by atoms with Gasteiger partial charge in [-0.2, -0.15) is 0 Å². The lowest BCUT2D eigenvalue weighted by Gasteiger charge is -2.40. The van der Waals surface area contributed by atoms with Crippen LogP contribution in [0.3, 0.4) is 0 Å². The Bertz CT molecular complexity index is 782. The van der Waals surface area contributed by atoms with Gasteiger partial charge in [0, 0.05) is 16.7 Å². The normalized spacial score (nSPS) is 35.4. The maximum absolute atomic E-state index is 14.2. The first-order valence-electron chi connectivity index (χ1n) is 7.67. The average Bonchev–Trinajstić information content (AvgIpc) is 2.34. The van der Waals surface area contributed by atoms with Crippen molar-refractivity contribution in [1.29, 1.82) is 0 Å². The van der Waals surface area contributed by atoms with Crippen molar-refractivity contribution >= 4 is 15.6 Å². The molecule has 1 aromatic rings. The molecule has 0 spiro atoms. The highest BCUT2D eigenvalue weighted by Gasteiger charge is 2.47. The molecule has 1 aliphatic heterocycles. The Morgan fingerprint density at radius 1 is 1.45 bits per heavy atom. The van der Waals surface area contributed by atoms with Crippen LogP contribution in [0.5, 0.6) is 0 Å². The molecule has 2 atom stereocenters. The van der Waals surface area contributed by atoms with Gasteiger partial charge in [0.2, 0.25) is 0 Å². The van der Waals surface area contributed by atoms with Crippen molar-refractivity contribution in [3.63, 3.8) is 0 Å². The second-order valence-corrected chi connectivity index (χ2v) is 8.41. The summed E-state index contributed by atoms with van der Waals surface area (Å²) in [6.07, 6.45) is 0. The number of hydrogen-bond acceptors (Lipinski definition) is 4. The van der Waals surface area contributed by atoms with Gasteiger partial charge < -0.3 is 5.73 Å². The zero-order valence-electron chi connectivity index (χ0n) is 14.7. The van der Waals surface area contributed by atoms with Crippen LogP contribution in [0.25, 0.3) is 0 Å². The van der Waals surface area contributed by atoms with Crippen molar-refractivity contribution in [2.24, 2.45) is 15.1 Å². The second kappa shape index (κ2) is 4.55. The molecular weight excluding hydrogens is 277 g/mol. The second-order valence-electron chi connectivity index (χ2n) is 5.64. The summed E-state index contributed by atoms with van der Waals surface area (Å²) >= 11 is 0. The summed E-state index contributed by atoms with van der Waals surface area (Å²) < 4.78 is 52.0. The Balaban J connectivity index is 2.74. The number of nitrogens with zero attached hydrogens (tertiary/aromatic N) is 2. The molecular formula is C14H20FN3OS. The number of aliphatic imine (C=N–C) groups is 1. The third kappa shape index (κ3) is 2.02. The smallest absolute Gasteiger partial charge is 0.128 e. The van der Waals surface area contributed by atoms with Crippen LogP contribution >= 0.6 is 0 Å². The average molecular weight is 300 g/mol. The molecule has 0 radical (unpaired) electrons. The maximum atomic E-state index is 14.2. The largest absolute Gasteiger partial charge is 0.386 e. The van der Waals surface area contributed by atoms with E-state index in [1.54, 1.807) is 26.8 Å². The van der Waals surface area contributed by atoms with Gasteiger partial charge in [0.15, 0.2) is 0 Å². The van der Waals surface area contributed by atoms with Crippen molar-refractivity contribution < 1.29 is 12.7 Å². The molecule has 0 aliphatic carbocycles. The Labute approximate surface area is 123 Å². The predicted octanol–water partition coefficient (Wildman–Crippen LogP) is 2.29. The molecule has 6 heteroatoms. The molecule has 1 aromatic carbocycles. The van der Waals surface area contributed by atoms with Crippen LogP contribution in [0.2, 0.25) is 0 Å². The summed E-state index contributed by atoms with van der Waals surface area (Å²) in [5.74, 6) is -0.720. The molecule has 110 valence electrons. The third-order valence-corrected chi connectivity index (χ3v) is 6.91. The van der Waals surface area contributed by atoms with Crippen molar-refractivity contribution in [2.75, 3.05) is 12.7 Å². The molecule has 0 amide bonds. The standard InChI is InChI=1S/C14H20FN3OS/c1-13(2)12(16)18-14(3,9-20(13,19)17-4)10-7-5-6-8-11(10)15/h5-8H,9H2,1-4H3,(H2,16,18)/t14-,20+/m0/s1/i4D3. The number of rotatable bonds is 1. The number of hydrogen-bond donors (Lipinski definition) is 1. The van der Waals surface area contributed by atoms with Gasteiger partial charge in [-0.25, -0.2) is 13.0 Å². The minimum atomic E-state index is -3.31. The van der Waals surface area contributed by atoms with E-state index in [0.717, 1.165) is 0 Å². The number of halogens is 1. The molecule has 0 aromatic heterocycles. The zero-order valence-corrected chi connectivity index (χ0v) is 12.5. The van der Waals surface area contributed by atoms with E-state index in [2.05, 4.69) is 9.36 Å². The topological polar surface area (TPSA) is 67.8 Å².